The number of benzene rings is 3. The minimum Gasteiger partial charge on any atom is -0.423 e. The summed E-state index contributed by atoms with van der Waals surface area (Å²) in [5.74, 6) is -0.779. The summed E-state index contributed by atoms with van der Waals surface area (Å²) in [6, 6.07) is 21.6. The van der Waals surface area contributed by atoms with Crippen molar-refractivity contribution in [2.24, 2.45) is 0 Å². The third-order valence-electron chi connectivity index (χ3n) is 4.53. The van der Waals surface area contributed by atoms with Gasteiger partial charge in [-0.1, -0.05) is 66.4 Å². The van der Waals surface area contributed by atoms with Gasteiger partial charge in [-0.05, 0) is 53.6 Å². The number of carbonyl (C=O) groups is 2. The molecule has 3 aromatic rings. The van der Waals surface area contributed by atoms with Crippen molar-refractivity contribution < 1.29 is 18.7 Å². The number of hydrogen-bond acceptors (Lipinski definition) is 5. The third kappa shape index (κ3) is 5.07. The van der Waals surface area contributed by atoms with Crippen LogP contribution in [-0.2, 0) is 11.3 Å². The van der Waals surface area contributed by atoms with Crippen molar-refractivity contribution in [3.8, 4) is 5.75 Å². The molecule has 1 fully saturated rings. The second kappa shape index (κ2) is 9.24. The van der Waals surface area contributed by atoms with Crippen LogP contribution < -0.4 is 4.74 Å². The highest BCUT2D eigenvalue weighted by Crippen LogP contribution is 2.33. The van der Waals surface area contributed by atoms with Crippen molar-refractivity contribution in [1.82, 2.24) is 4.90 Å². The molecular formula is C24H16FNO3S2. The number of amides is 1. The van der Waals surface area contributed by atoms with E-state index in [1.165, 1.54) is 36.0 Å². The molecule has 31 heavy (non-hydrogen) atoms. The maximum atomic E-state index is 13.0. The summed E-state index contributed by atoms with van der Waals surface area (Å²) in [7, 11) is 0. The number of thioether (sulfide) groups is 1. The van der Waals surface area contributed by atoms with Crippen LogP contribution in [-0.4, -0.2) is 21.1 Å². The summed E-state index contributed by atoms with van der Waals surface area (Å²) in [6.07, 6.45) is 1.76. The van der Waals surface area contributed by atoms with Gasteiger partial charge in [-0.3, -0.25) is 9.69 Å². The highest BCUT2D eigenvalue weighted by Gasteiger charge is 2.31. The van der Waals surface area contributed by atoms with Gasteiger partial charge in [0.1, 0.15) is 15.9 Å². The maximum Gasteiger partial charge on any atom is 0.343 e. The molecule has 0 N–H and O–H groups in total. The second-order valence-electron chi connectivity index (χ2n) is 6.72. The Morgan fingerprint density at radius 2 is 1.68 bits per heavy atom. The summed E-state index contributed by atoms with van der Waals surface area (Å²) >= 11 is 6.64. The van der Waals surface area contributed by atoms with Gasteiger partial charge in [0.25, 0.3) is 5.91 Å². The van der Waals surface area contributed by atoms with Gasteiger partial charge in [0, 0.05) is 0 Å². The Labute approximate surface area is 188 Å². The third-order valence-corrected chi connectivity index (χ3v) is 5.90. The fourth-order valence-electron chi connectivity index (χ4n) is 2.94. The Morgan fingerprint density at radius 3 is 2.35 bits per heavy atom. The van der Waals surface area contributed by atoms with Crippen LogP contribution in [0.4, 0.5) is 4.39 Å². The molecule has 1 aliphatic rings. The van der Waals surface area contributed by atoms with E-state index in [0.717, 1.165) is 11.1 Å². The number of nitrogens with zero attached hydrogens (tertiary/aromatic N) is 1. The monoisotopic (exact) mass is 449 g/mol. The van der Waals surface area contributed by atoms with Gasteiger partial charge < -0.3 is 4.74 Å². The molecule has 4 rings (SSSR count). The lowest BCUT2D eigenvalue weighted by atomic mass is 10.2. The van der Waals surface area contributed by atoms with Crippen molar-refractivity contribution in [1.29, 1.82) is 0 Å². The van der Waals surface area contributed by atoms with Crippen molar-refractivity contribution in [3.63, 3.8) is 0 Å². The number of rotatable bonds is 5. The largest absolute Gasteiger partial charge is 0.423 e. The number of carbonyl (C=O) groups excluding carboxylic acids is 2. The van der Waals surface area contributed by atoms with Crippen molar-refractivity contribution >= 4 is 46.3 Å². The van der Waals surface area contributed by atoms with Crippen LogP contribution in [0.1, 0.15) is 21.5 Å². The van der Waals surface area contributed by atoms with E-state index in [9.17, 15) is 14.0 Å². The average molecular weight is 450 g/mol. The van der Waals surface area contributed by atoms with Crippen molar-refractivity contribution in [3.05, 3.63) is 106 Å². The summed E-state index contributed by atoms with van der Waals surface area (Å²) in [5.41, 5.74) is 2.04. The first-order valence-electron chi connectivity index (χ1n) is 9.37. The van der Waals surface area contributed by atoms with Crippen LogP contribution >= 0.6 is 24.0 Å². The molecule has 0 aromatic heterocycles. The number of halogens is 1. The van der Waals surface area contributed by atoms with Crippen LogP contribution in [0.25, 0.3) is 6.08 Å². The molecule has 3 aromatic carbocycles. The molecule has 1 saturated heterocycles. The fraction of sp³-hybridized carbons (Fsp3) is 0.0417. The minimum absolute atomic E-state index is 0.134. The first-order chi connectivity index (χ1) is 15.0. The summed E-state index contributed by atoms with van der Waals surface area (Å²) in [5, 5.41) is 0. The van der Waals surface area contributed by atoms with Gasteiger partial charge in [-0.15, -0.1) is 0 Å². The molecule has 7 heteroatoms. The van der Waals surface area contributed by atoms with Gasteiger partial charge >= 0.3 is 5.97 Å². The van der Waals surface area contributed by atoms with E-state index in [1.54, 1.807) is 35.2 Å². The number of esters is 1. The van der Waals surface area contributed by atoms with Crippen LogP contribution in [0.5, 0.6) is 5.75 Å². The Kier molecular flexibility index (Phi) is 6.25. The molecule has 0 atom stereocenters. The van der Waals surface area contributed by atoms with Gasteiger partial charge in [0.15, 0.2) is 0 Å². The zero-order valence-electron chi connectivity index (χ0n) is 16.2. The standard InChI is InChI=1S/C24H16FNO3S2/c25-19-10-8-18(9-11-19)23(28)29-20-12-6-16(7-13-20)14-21-22(27)26(24(30)31-21)15-17-4-2-1-3-5-17/h1-14H,15H2. The van der Waals surface area contributed by atoms with E-state index in [1.807, 2.05) is 30.3 Å². The topological polar surface area (TPSA) is 46.6 Å². The van der Waals surface area contributed by atoms with Gasteiger partial charge in [0.2, 0.25) is 0 Å². The highest BCUT2D eigenvalue weighted by molar-refractivity contribution is 8.26. The van der Waals surface area contributed by atoms with E-state index in [-0.39, 0.29) is 11.5 Å². The zero-order valence-corrected chi connectivity index (χ0v) is 17.8. The molecule has 0 spiro atoms. The molecule has 0 unspecified atom stereocenters. The quantitative estimate of drug-likeness (QED) is 0.224. The zero-order chi connectivity index (χ0) is 21.8. The Morgan fingerprint density at radius 1 is 1.00 bits per heavy atom. The summed E-state index contributed by atoms with van der Waals surface area (Å²) < 4.78 is 18.8. The predicted molar refractivity (Wildman–Crippen MR) is 123 cm³/mol. The second-order valence-corrected chi connectivity index (χ2v) is 8.39. The van der Waals surface area contributed by atoms with Crippen LogP contribution in [0.3, 0.4) is 0 Å². The molecule has 1 aliphatic heterocycles. The first kappa shape index (κ1) is 21.0. The molecular weight excluding hydrogens is 433 g/mol. The summed E-state index contributed by atoms with van der Waals surface area (Å²) in [6.45, 7) is 0.432. The lowest BCUT2D eigenvalue weighted by Gasteiger charge is -2.14. The summed E-state index contributed by atoms with van der Waals surface area (Å²) in [4.78, 5) is 27.0. The lowest BCUT2D eigenvalue weighted by Crippen LogP contribution is -2.27. The van der Waals surface area contributed by atoms with E-state index >= 15 is 0 Å². The van der Waals surface area contributed by atoms with E-state index < -0.39 is 11.8 Å². The van der Waals surface area contributed by atoms with Crippen LogP contribution in [0.2, 0.25) is 0 Å². The average Bonchev–Trinajstić information content (AvgIpc) is 3.03. The molecule has 0 saturated carbocycles. The van der Waals surface area contributed by atoms with Crippen molar-refractivity contribution in [2.45, 2.75) is 6.54 Å². The molecule has 154 valence electrons. The van der Waals surface area contributed by atoms with Gasteiger partial charge in [-0.25, -0.2) is 9.18 Å². The van der Waals surface area contributed by atoms with E-state index in [4.69, 9.17) is 17.0 Å². The number of thiocarbonyl (C=S) groups is 1. The van der Waals surface area contributed by atoms with E-state index in [0.29, 0.717) is 21.5 Å². The van der Waals surface area contributed by atoms with Crippen LogP contribution in [0, 0.1) is 5.82 Å². The normalized spacial score (nSPS) is 14.9. The molecule has 0 radical (unpaired) electrons. The maximum absolute atomic E-state index is 13.0. The Balaban J connectivity index is 1.43. The SMILES string of the molecule is O=C(Oc1ccc(C=C2SC(=S)N(Cc3ccccc3)C2=O)cc1)c1ccc(F)cc1. The molecule has 1 amide bonds. The fourth-order valence-corrected chi connectivity index (χ4v) is 4.19. The molecule has 0 bridgehead atoms. The Bertz CT molecular complexity index is 1160. The van der Waals surface area contributed by atoms with Gasteiger partial charge in [-0.2, -0.15) is 0 Å². The molecule has 1 heterocycles. The van der Waals surface area contributed by atoms with Crippen LogP contribution in [0.15, 0.2) is 83.8 Å². The Hall–Kier alpha value is -3.29. The minimum atomic E-state index is -0.575. The smallest absolute Gasteiger partial charge is 0.343 e. The van der Waals surface area contributed by atoms with Gasteiger partial charge in [0.05, 0.1) is 17.0 Å². The molecule has 0 aliphatic carbocycles. The molecule has 4 nitrogen and oxygen atoms in total. The first-order valence-corrected chi connectivity index (χ1v) is 10.6. The number of ether oxygens (including phenoxy) is 1. The number of hydrogen-bond donors (Lipinski definition) is 0. The van der Waals surface area contributed by atoms with Crippen molar-refractivity contribution in [2.75, 3.05) is 0 Å². The predicted octanol–water partition coefficient (Wildman–Crippen LogP) is 5.45. The highest BCUT2D eigenvalue weighted by atomic mass is 32.2. The lowest BCUT2D eigenvalue weighted by molar-refractivity contribution is -0.122. The van der Waals surface area contributed by atoms with E-state index in [2.05, 4.69) is 0 Å².